The molecular weight excluding hydrogens is 376 g/mol. The van der Waals surface area contributed by atoms with E-state index in [0.29, 0.717) is 5.92 Å². The van der Waals surface area contributed by atoms with Crippen LogP contribution in [0.2, 0.25) is 0 Å². The topological polar surface area (TPSA) is 27.7 Å². The van der Waals surface area contributed by atoms with Gasteiger partial charge in [0.05, 0.1) is 18.7 Å². The van der Waals surface area contributed by atoms with Crippen LogP contribution in [0.1, 0.15) is 23.2 Å². The van der Waals surface area contributed by atoms with Crippen LogP contribution < -0.4 is 9.47 Å². The minimum absolute atomic E-state index is 0.258. The minimum atomic E-state index is 0.258. The van der Waals surface area contributed by atoms with E-state index < -0.39 is 0 Å². The van der Waals surface area contributed by atoms with Crippen molar-refractivity contribution in [2.75, 3.05) is 27.4 Å². The van der Waals surface area contributed by atoms with E-state index in [0.717, 1.165) is 47.6 Å². The standard InChI is InChI=1S/C14H18Br2O3/c1-17-12-8-11(15)13(18-2)7-10(12)14(16)9-3-5-19-6-4-9/h7-9,14H,3-6H2,1-2H3. The lowest BCUT2D eigenvalue weighted by Crippen LogP contribution is -2.19. The molecule has 0 radical (unpaired) electrons. The monoisotopic (exact) mass is 392 g/mol. The summed E-state index contributed by atoms with van der Waals surface area (Å²) in [5.41, 5.74) is 1.13. The molecule has 3 nitrogen and oxygen atoms in total. The van der Waals surface area contributed by atoms with Gasteiger partial charge in [-0.15, -0.1) is 0 Å². The molecular formula is C14H18Br2O3. The van der Waals surface area contributed by atoms with E-state index in [2.05, 4.69) is 31.9 Å². The van der Waals surface area contributed by atoms with Gasteiger partial charge < -0.3 is 14.2 Å². The Morgan fingerprint density at radius 2 is 1.79 bits per heavy atom. The molecule has 0 bridgehead atoms. The molecule has 0 saturated carbocycles. The molecule has 0 N–H and O–H groups in total. The van der Waals surface area contributed by atoms with Crippen molar-refractivity contribution in [3.63, 3.8) is 0 Å². The Bertz CT molecular complexity index is 431. The van der Waals surface area contributed by atoms with Gasteiger partial charge in [0.25, 0.3) is 0 Å². The number of rotatable bonds is 4. The summed E-state index contributed by atoms with van der Waals surface area (Å²) in [7, 11) is 3.37. The number of benzene rings is 1. The lowest BCUT2D eigenvalue weighted by atomic mass is 9.91. The first-order chi connectivity index (χ1) is 9.17. The van der Waals surface area contributed by atoms with Crippen molar-refractivity contribution in [3.05, 3.63) is 22.2 Å². The average Bonchev–Trinajstić information content (AvgIpc) is 2.47. The molecule has 1 unspecified atom stereocenters. The predicted molar refractivity (Wildman–Crippen MR) is 82.5 cm³/mol. The molecule has 1 atom stereocenters. The summed E-state index contributed by atoms with van der Waals surface area (Å²) >= 11 is 7.31. The molecule has 1 saturated heterocycles. The SMILES string of the molecule is COc1cc(C(Br)C2CCOCC2)c(OC)cc1Br. The molecule has 1 heterocycles. The summed E-state index contributed by atoms with van der Waals surface area (Å²) in [5, 5.41) is 0. The van der Waals surface area contributed by atoms with Crippen LogP contribution in [0.5, 0.6) is 11.5 Å². The third kappa shape index (κ3) is 3.44. The number of hydrogen-bond acceptors (Lipinski definition) is 3. The van der Waals surface area contributed by atoms with Crippen molar-refractivity contribution >= 4 is 31.9 Å². The maximum atomic E-state index is 5.49. The second-order valence-electron chi connectivity index (χ2n) is 4.58. The Morgan fingerprint density at radius 3 is 2.37 bits per heavy atom. The third-order valence-corrected chi connectivity index (χ3v) is 5.34. The van der Waals surface area contributed by atoms with Crippen LogP contribution in [0.4, 0.5) is 0 Å². The van der Waals surface area contributed by atoms with Gasteiger partial charge in [0.15, 0.2) is 0 Å². The number of ether oxygens (including phenoxy) is 3. The summed E-state index contributed by atoms with van der Waals surface area (Å²) in [6, 6.07) is 4.00. The van der Waals surface area contributed by atoms with Crippen molar-refractivity contribution < 1.29 is 14.2 Å². The van der Waals surface area contributed by atoms with Crippen molar-refractivity contribution in [1.29, 1.82) is 0 Å². The van der Waals surface area contributed by atoms with Gasteiger partial charge in [-0.25, -0.2) is 0 Å². The molecule has 5 heteroatoms. The third-order valence-electron chi connectivity index (χ3n) is 3.48. The fourth-order valence-electron chi connectivity index (χ4n) is 2.36. The number of alkyl halides is 1. The zero-order valence-corrected chi connectivity index (χ0v) is 14.3. The maximum absolute atomic E-state index is 5.49. The Labute approximate surface area is 130 Å². The van der Waals surface area contributed by atoms with Gasteiger partial charge in [-0.1, -0.05) is 15.9 Å². The molecule has 106 valence electrons. The molecule has 0 spiro atoms. The van der Waals surface area contributed by atoms with Crippen LogP contribution >= 0.6 is 31.9 Å². The van der Waals surface area contributed by atoms with Gasteiger partial charge in [0.1, 0.15) is 11.5 Å². The predicted octanol–water partition coefficient (Wildman–Crippen LogP) is 4.33. The Kier molecular flexibility index (Phi) is 5.54. The van der Waals surface area contributed by atoms with Crippen LogP contribution in [0.3, 0.4) is 0 Å². The molecule has 1 aromatic carbocycles. The molecule has 1 aromatic rings. The minimum Gasteiger partial charge on any atom is -0.496 e. The van der Waals surface area contributed by atoms with Crippen LogP contribution in [0.15, 0.2) is 16.6 Å². The fraction of sp³-hybridized carbons (Fsp3) is 0.571. The van der Waals surface area contributed by atoms with E-state index in [1.807, 2.05) is 12.1 Å². The summed E-state index contributed by atoms with van der Waals surface area (Å²) in [6.07, 6.45) is 2.13. The van der Waals surface area contributed by atoms with E-state index in [9.17, 15) is 0 Å². The summed E-state index contributed by atoms with van der Waals surface area (Å²) < 4.78 is 17.2. The van der Waals surface area contributed by atoms with E-state index in [4.69, 9.17) is 14.2 Å². The van der Waals surface area contributed by atoms with E-state index in [-0.39, 0.29) is 4.83 Å². The highest BCUT2D eigenvalue weighted by atomic mass is 79.9. The highest BCUT2D eigenvalue weighted by molar-refractivity contribution is 9.10. The molecule has 1 aliphatic heterocycles. The molecule has 1 aliphatic rings. The zero-order valence-electron chi connectivity index (χ0n) is 11.1. The number of methoxy groups -OCH3 is 2. The fourth-order valence-corrected chi connectivity index (χ4v) is 3.73. The van der Waals surface area contributed by atoms with Gasteiger partial charge in [0.2, 0.25) is 0 Å². The number of halogens is 2. The van der Waals surface area contributed by atoms with E-state index in [1.165, 1.54) is 0 Å². The first kappa shape index (κ1) is 15.1. The smallest absolute Gasteiger partial charge is 0.133 e. The van der Waals surface area contributed by atoms with Gasteiger partial charge in [-0.2, -0.15) is 0 Å². The Hall–Kier alpha value is -0.260. The van der Waals surface area contributed by atoms with Crippen LogP contribution in [-0.4, -0.2) is 27.4 Å². The molecule has 19 heavy (non-hydrogen) atoms. The van der Waals surface area contributed by atoms with Crippen molar-refractivity contribution in [2.45, 2.75) is 17.7 Å². The van der Waals surface area contributed by atoms with Crippen LogP contribution in [0, 0.1) is 5.92 Å². The molecule has 1 fully saturated rings. The normalized spacial score (nSPS) is 18.1. The maximum Gasteiger partial charge on any atom is 0.133 e. The summed E-state index contributed by atoms with van der Waals surface area (Å²) in [6.45, 7) is 1.67. The molecule has 0 amide bonds. The quantitative estimate of drug-likeness (QED) is 0.712. The van der Waals surface area contributed by atoms with Gasteiger partial charge in [0, 0.05) is 23.6 Å². The lowest BCUT2D eigenvalue weighted by Gasteiger charge is -2.28. The molecule has 0 aromatic heterocycles. The van der Waals surface area contributed by atoms with Gasteiger partial charge in [-0.3, -0.25) is 0 Å². The Balaban J connectivity index is 2.30. The van der Waals surface area contributed by atoms with E-state index >= 15 is 0 Å². The second kappa shape index (κ2) is 6.95. The van der Waals surface area contributed by atoms with Crippen molar-refractivity contribution in [3.8, 4) is 11.5 Å². The first-order valence-corrected chi connectivity index (χ1v) is 8.01. The van der Waals surface area contributed by atoms with Crippen molar-refractivity contribution in [2.24, 2.45) is 5.92 Å². The Morgan fingerprint density at radius 1 is 1.16 bits per heavy atom. The first-order valence-electron chi connectivity index (χ1n) is 6.30. The zero-order chi connectivity index (χ0) is 13.8. The van der Waals surface area contributed by atoms with E-state index in [1.54, 1.807) is 14.2 Å². The lowest BCUT2D eigenvalue weighted by molar-refractivity contribution is 0.0660. The van der Waals surface area contributed by atoms with Crippen LogP contribution in [0.25, 0.3) is 0 Å². The van der Waals surface area contributed by atoms with Gasteiger partial charge in [-0.05, 0) is 46.8 Å². The highest BCUT2D eigenvalue weighted by Crippen LogP contribution is 2.44. The average molecular weight is 394 g/mol. The second-order valence-corrected chi connectivity index (χ2v) is 6.42. The molecule has 0 aliphatic carbocycles. The van der Waals surface area contributed by atoms with Gasteiger partial charge >= 0.3 is 0 Å². The largest absolute Gasteiger partial charge is 0.496 e. The van der Waals surface area contributed by atoms with Crippen LogP contribution in [-0.2, 0) is 4.74 Å². The highest BCUT2D eigenvalue weighted by Gasteiger charge is 2.26. The summed E-state index contributed by atoms with van der Waals surface area (Å²) in [5.74, 6) is 2.27. The molecule has 2 rings (SSSR count). The van der Waals surface area contributed by atoms with Crippen molar-refractivity contribution in [1.82, 2.24) is 0 Å². The summed E-state index contributed by atoms with van der Waals surface area (Å²) in [4.78, 5) is 0.258. The number of hydrogen-bond donors (Lipinski definition) is 0.